The predicted octanol–water partition coefficient (Wildman–Crippen LogP) is 3.19. The second-order valence-corrected chi connectivity index (χ2v) is 6.32. The summed E-state index contributed by atoms with van der Waals surface area (Å²) in [5.74, 6) is 0. The van der Waals surface area contributed by atoms with E-state index < -0.39 is 0 Å². The van der Waals surface area contributed by atoms with E-state index in [1.807, 2.05) is 17.9 Å². The summed E-state index contributed by atoms with van der Waals surface area (Å²) in [4.78, 5) is 0. The molecule has 3 rings (SSSR count). The SMILES string of the molecule is Cn1nccc1CCC(N)C1(c2ccccc2)CCCC1. The van der Waals surface area contributed by atoms with Crippen LogP contribution in [0.5, 0.6) is 0 Å². The fourth-order valence-corrected chi connectivity index (χ4v) is 3.88. The molecule has 1 atom stereocenters. The first-order valence-electron chi connectivity index (χ1n) is 8.00. The number of aryl methyl sites for hydroxylation is 2. The molecule has 1 aromatic carbocycles. The van der Waals surface area contributed by atoms with Crippen LogP contribution < -0.4 is 5.73 Å². The highest BCUT2D eigenvalue weighted by molar-refractivity contribution is 5.29. The van der Waals surface area contributed by atoms with Gasteiger partial charge in [-0.2, -0.15) is 5.10 Å². The molecule has 0 spiro atoms. The molecule has 1 heterocycles. The summed E-state index contributed by atoms with van der Waals surface area (Å²) in [5.41, 5.74) is 9.56. The van der Waals surface area contributed by atoms with Crippen molar-refractivity contribution >= 4 is 0 Å². The molecule has 1 fully saturated rings. The molecule has 21 heavy (non-hydrogen) atoms. The smallest absolute Gasteiger partial charge is 0.0492 e. The van der Waals surface area contributed by atoms with Gasteiger partial charge in [0.25, 0.3) is 0 Å². The summed E-state index contributed by atoms with van der Waals surface area (Å²) in [6.07, 6.45) is 8.94. The van der Waals surface area contributed by atoms with Gasteiger partial charge in [-0.1, -0.05) is 43.2 Å². The molecule has 0 saturated heterocycles. The van der Waals surface area contributed by atoms with Gasteiger partial charge in [0.05, 0.1) is 0 Å². The van der Waals surface area contributed by atoms with Crippen LogP contribution in [0.15, 0.2) is 42.6 Å². The number of aromatic nitrogens is 2. The van der Waals surface area contributed by atoms with Gasteiger partial charge in [-0.05, 0) is 37.3 Å². The van der Waals surface area contributed by atoms with E-state index in [1.165, 1.54) is 36.9 Å². The summed E-state index contributed by atoms with van der Waals surface area (Å²) in [6, 6.07) is 13.2. The average Bonchev–Trinajstić information content (AvgIpc) is 3.16. The first-order chi connectivity index (χ1) is 10.2. The number of rotatable bonds is 5. The number of hydrogen-bond acceptors (Lipinski definition) is 2. The molecule has 3 nitrogen and oxygen atoms in total. The first-order valence-corrected chi connectivity index (χ1v) is 8.00. The molecular formula is C18H25N3. The molecule has 0 radical (unpaired) electrons. The Balaban J connectivity index is 1.76. The summed E-state index contributed by atoms with van der Waals surface area (Å²) in [5, 5.41) is 4.24. The van der Waals surface area contributed by atoms with E-state index in [-0.39, 0.29) is 11.5 Å². The second-order valence-electron chi connectivity index (χ2n) is 6.32. The van der Waals surface area contributed by atoms with Gasteiger partial charge in [-0.15, -0.1) is 0 Å². The van der Waals surface area contributed by atoms with Crippen molar-refractivity contribution in [3.8, 4) is 0 Å². The molecule has 3 heteroatoms. The summed E-state index contributed by atoms with van der Waals surface area (Å²) >= 11 is 0. The maximum Gasteiger partial charge on any atom is 0.0492 e. The maximum atomic E-state index is 6.68. The Morgan fingerprint density at radius 1 is 1.19 bits per heavy atom. The fourth-order valence-electron chi connectivity index (χ4n) is 3.88. The van der Waals surface area contributed by atoms with Gasteiger partial charge < -0.3 is 5.73 Å². The Labute approximate surface area is 127 Å². The molecule has 0 bridgehead atoms. The van der Waals surface area contributed by atoms with Crippen molar-refractivity contribution < 1.29 is 0 Å². The van der Waals surface area contributed by atoms with Crippen LogP contribution in [0.4, 0.5) is 0 Å². The van der Waals surface area contributed by atoms with Gasteiger partial charge in [0.1, 0.15) is 0 Å². The highest BCUT2D eigenvalue weighted by Crippen LogP contribution is 2.44. The zero-order valence-corrected chi connectivity index (χ0v) is 12.8. The minimum Gasteiger partial charge on any atom is -0.327 e. The zero-order chi connectivity index (χ0) is 14.7. The lowest BCUT2D eigenvalue weighted by atomic mass is 9.71. The molecule has 2 N–H and O–H groups in total. The van der Waals surface area contributed by atoms with Crippen molar-refractivity contribution in [3.05, 3.63) is 53.9 Å². The molecule has 1 aliphatic carbocycles. The number of nitrogens with two attached hydrogens (primary N) is 1. The minimum absolute atomic E-state index is 0.180. The molecule has 1 saturated carbocycles. The second kappa shape index (κ2) is 6.02. The van der Waals surface area contributed by atoms with Crippen LogP contribution in [0.25, 0.3) is 0 Å². The number of nitrogens with zero attached hydrogens (tertiary/aromatic N) is 2. The standard InChI is InChI=1S/C18H25N3/c1-21-16(11-14-20-21)9-10-17(19)18(12-5-6-13-18)15-7-3-2-4-8-15/h2-4,7-8,11,14,17H,5-6,9-10,12-13,19H2,1H3. The van der Waals surface area contributed by atoms with Gasteiger partial charge in [0.2, 0.25) is 0 Å². The summed E-state index contributed by atoms with van der Waals surface area (Å²) < 4.78 is 1.95. The largest absolute Gasteiger partial charge is 0.327 e. The van der Waals surface area contributed by atoms with E-state index in [0.29, 0.717) is 0 Å². The predicted molar refractivity (Wildman–Crippen MR) is 86.1 cm³/mol. The van der Waals surface area contributed by atoms with Crippen LogP contribution in [0.1, 0.15) is 43.4 Å². The highest BCUT2D eigenvalue weighted by Gasteiger charge is 2.40. The van der Waals surface area contributed by atoms with Gasteiger partial charge >= 0.3 is 0 Å². The van der Waals surface area contributed by atoms with Crippen LogP contribution in [0.3, 0.4) is 0 Å². The van der Waals surface area contributed by atoms with E-state index in [0.717, 1.165) is 12.8 Å². The van der Waals surface area contributed by atoms with Crippen molar-refractivity contribution in [1.29, 1.82) is 0 Å². The third-order valence-electron chi connectivity index (χ3n) is 5.19. The van der Waals surface area contributed by atoms with Crippen molar-refractivity contribution in [3.63, 3.8) is 0 Å². The van der Waals surface area contributed by atoms with Crippen molar-refractivity contribution in [2.45, 2.75) is 50.0 Å². The van der Waals surface area contributed by atoms with E-state index >= 15 is 0 Å². The van der Waals surface area contributed by atoms with Crippen molar-refractivity contribution in [2.24, 2.45) is 12.8 Å². The third-order valence-corrected chi connectivity index (χ3v) is 5.19. The van der Waals surface area contributed by atoms with E-state index in [2.05, 4.69) is 41.5 Å². The van der Waals surface area contributed by atoms with Gasteiger partial charge in [-0.25, -0.2) is 0 Å². The topological polar surface area (TPSA) is 43.8 Å². The van der Waals surface area contributed by atoms with Gasteiger partial charge in [0, 0.05) is 30.4 Å². The normalized spacial score (nSPS) is 18.8. The van der Waals surface area contributed by atoms with Crippen LogP contribution in [0, 0.1) is 0 Å². The molecule has 1 aromatic heterocycles. The van der Waals surface area contributed by atoms with Crippen LogP contribution in [0.2, 0.25) is 0 Å². The molecule has 112 valence electrons. The number of hydrogen-bond donors (Lipinski definition) is 1. The summed E-state index contributed by atoms with van der Waals surface area (Å²) in [7, 11) is 2.00. The quantitative estimate of drug-likeness (QED) is 0.916. The maximum absolute atomic E-state index is 6.68. The first kappa shape index (κ1) is 14.3. The van der Waals surface area contributed by atoms with E-state index in [1.54, 1.807) is 0 Å². The molecule has 0 amide bonds. The Bertz CT molecular complexity index is 567. The lowest BCUT2D eigenvalue weighted by molar-refractivity contribution is 0.332. The van der Waals surface area contributed by atoms with Crippen molar-refractivity contribution in [2.75, 3.05) is 0 Å². The van der Waals surface area contributed by atoms with Crippen molar-refractivity contribution in [1.82, 2.24) is 9.78 Å². The molecule has 2 aromatic rings. The monoisotopic (exact) mass is 283 g/mol. The number of benzene rings is 1. The lowest BCUT2D eigenvalue weighted by Crippen LogP contribution is -2.43. The van der Waals surface area contributed by atoms with Crippen LogP contribution in [-0.4, -0.2) is 15.8 Å². The molecule has 1 aliphatic rings. The lowest BCUT2D eigenvalue weighted by Gasteiger charge is -2.36. The van der Waals surface area contributed by atoms with Crippen LogP contribution in [-0.2, 0) is 18.9 Å². The van der Waals surface area contributed by atoms with Crippen LogP contribution >= 0.6 is 0 Å². The third kappa shape index (κ3) is 2.75. The Hall–Kier alpha value is -1.61. The van der Waals surface area contributed by atoms with Gasteiger partial charge in [-0.3, -0.25) is 4.68 Å². The zero-order valence-electron chi connectivity index (χ0n) is 12.8. The average molecular weight is 283 g/mol. The highest BCUT2D eigenvalue weighted by atomic mass is 15.2. The molecule has 0 aliphatic heterocycles. The Morgan fingerprint density at radius 2 is 1.90 bits per heavy atom. The minimum atomic E-state index is 0.180. The van der Waals surface area contributed by atoms with E-state index in [4.69, 9.17) is 5.73 Å². The molecule has 1 unspecified atom stereocenters. The summed E-state index contributed by atoms with van der Waals surface area (Å²) in [6.45, 7) is 0. The van der Waals surface area contributed by atoms with Gasteiger partial charge in [0.15, 0.2) is 0 Å². The Kier molecular flexibility index (Phi) is 4.11. The Morgan fingerprint density at radius 3 is 2.52 bits per heavy atom. The molecular weight excluding hydrogens is 258 g/mol. The fraction of sp³-hybridized carbons (Fsp3) is 0.500. The van der Waals surface area contributed by atoms with E-state index in [9.17, 15) is 0 Å².